The molecule has 35 heavy (non-hydrogen) atoms. The van der Waals surface area contributed by atoms with Gasteiger partial charge in [-0.05, 0) is 42.7 Å². The van der Waals surface area contributed by atoms with Gasteiger partial charge in [-0.1, -0.05) is 72.8 Å². The maximum atomic E-state index is 6.19. The van der Waals surface area contributed by atoms with E-state index >= 15 is 0 Å². The Kier molecular flexibility index (Phi) is 9.53. The van der Waals surface area contributed by atoms with Crippen LogP contribution in [0, 0.1) is 0 Å². The third-order valence-corrected chi connectivity index (χ3v) is 5.24. The lowest BCUT2D eigenvalue weighted by Crippen LogP contribution is -2.09. The van der Waals surface area contributed by atoms with E-state index in [2.05, 4.69) is 0 Å². The number of aromatic nitrogens is 1. The van der Waals surface area contributed by atoms with E-state index in [1.165, 1.54) is 0 Å². The van der Waals surface area contributed by atoms with Crippen molar-refractivity contribution in [2.75, 3.05) is 0 Å². The SMILES string of the molecule is CC(C)Oc1cc(-c2ccc(OCc3ccccc3)nc2OCc2ccccc2)ccc1CN.Cl. The predicted octanol–water partition coefficient (Wildman–Crippen LogP) is 6.57. The lowest BCUT2D eigenvalue weighted by atomic mass is 10.0. The number of benzene rings is 3. The van der Waals surface area contributed by atoms with Crippen LogP contribution in [0.15, 0.2) is 91.0 Å². The molecule has 0 spiro atoms. The first-order valence-corrected chi connectivity index (χ1v) is 11.5. The fourth-order valence-corrected chi connectivity index (χ4v) is 3.55. The minimum Gasteiger partial charge on any atom is -0.491 e. The first-order valence-electron chi connectivity index (χ1n) is 11.5. The van der Waals surface area contributed by atoms with Crippen LogP contribution < -0.4 is 19.9 Å². The van der Waals surface area contributed by atoms with Crippen LogP contribution in [0.5, 0.6) is 17.5 Å². The second-order valence-electron chi connectivity index (χ2n) is 8.24. The van der Waals surface area contributed by atoms with Gasteiger partial charge in [0.2, 0.25) is 11.8 Å². The maximum Gasteiger partial charge on any atom is 0.225 e. The monoisotopic (exact) mass is 490 g/mol. The van der Waals surface area contributed by atoms with Crippen LogP contribution in [-0.2, 0) is 19.8 Å². The van der Waals surface area contributed by atoms with Crippen LogP contribution in [0.3, 0.4) is 0 Å². The smallest absolute Gasteiger partial charge is 0.225 e. The van der Waals surface area contributed by atoms with Crippen molar-refractivity contribution in [2.45, 2.75) is 39.7 Å². The number of hydrogen-bond acceptors (Lipinski definition) is 5. The molecule has 5 nitrogen and oxygen atoms in total. The van der Waals surface area contributed by atoms with E-state index in [4.69, 9.17) is 24.9 Å². The fraction of sp³-hybridized carbons (Fsp3) is 0.207. The fourth-order valence-electron chi connectivity index (χ4n) is 3.55. The van der Waals surface area contributed by atoms with Crippen molar-refractivity contribution in [1.29, 1.82) is 0 Å². The molecule has 6 heteroatoms. The third-order valence-electron chi connectivity index (χ3n) is 5.24. The number of halogens is 1. The van der Waals surface area contributed by atoms with Gasteiger partial charge < -0.3 is 19.9 Å². The minimum atomic E-state index is 0. The zero-order chi connectivity index (χ0) is 23.8. The molecule has 0 aliphatic carbocycles. The van der Waals surface area contributed by atoms with Crippen molar-refractivity contribution in [3.05, 3.63) is 108 Å². The molecule has 182 valence electrons. The van der Waals surface area contributed by atoms with Crippen LogP contribution in [0.2, 0.25) is 0 Å². The van der Waals surface area contributed by atoms with Gasteiger partial charge in [0.25, 0.3) is 0 Å². The molecule has 0 atom stereocenters. The van der Waals surface area contributed by atoms with Gasteiger partial charge in [-0.3, -0.25) is 0 Å². The Morgan fingerprint density at radius 3 is 2.00 bits per heavy atom. The molecule has 1 heterocycles. The van der Waals surface area contributed by atoms with Crippen molar-refractivity contribution >= 4 is 12.4 Å². The van der Waals surface area contributed by atoms with Gasteiger partial charge in [0.1, 0.15) is 19.0 Å². The molecule has 0 amide bonds. The Bertz CT molecular complexity index is 1200. The molecule has 4 rings (SSSR count). The molecule has 0 aliphatic heterocycles. The number of hydrogen-bond donors (Lipinski definition) is 1. The highest BCUT2D eigenvalue weighted by Crippen LogP contribution is 2.35. The number of pyridine rings is 1. The van der Waals surface area contributed by atoms with E-state index in [0.717, 1.165) is 33.6 Å². The third kappa shape index (κ3) is 7.22. The summed E-state index contributed by atoms with van der Waals surface area (Å²) in [4.78, 5) is 4.70. The van der Waals surface area contributed by atoms with Gasteiger partial charge in [0.05, 0.1) is 6.10 Å². The average molecular weight is 491 g/mol. The van der Waals surface area contributed by atoms with E-state index in [-0.39, 0.29) is 18.5 Å². The summed E-state index contributed by atoms with van der Waals surface area (Å²) >= 11 is 0. The van der Waals surface area contributed by atoms with E-state index in [9.17, 15) is 0 Å². The van der Waals surface area contributed by atoms with Crippen LogP contribution in [0.1, 0.15) is 30.5 Å². The van der Waals surface area contributed by atoms with Crippen molar-refractivity contribution in [1.82, 2.24) is 4.98 Å². The number of ether oxygens (including phenoxy) is 3. The van der Waals surface area contributed by atoms with Crippen molar-refractivity contribution in [3.8, 4) is 28.6 Å². The number of rotatable bonds is 10. The first-order chi connectivity index (χ1) is 16.6. The summed E-state index contributed by atoms with van der Waals surface area (Å²) < 4.78 is 18.2. The summed E-state index contributed by atoms with van der Waals surface area (Å²) in [5, 5.41) is 0. The van der Waals surface area contributed by atoms with Crippen molar-refractivity contribution < 1.29 is 14.2 Å². The van der Waals surface area contributed by atoms with Crippen molar-refractivity contribution in [2.24, 2.45) is 5.73 Å². The lowest BCUT2D eigenvalue weighted by Gasteiger charge is -2.17. The molecule has 2 N–H and O–H groups in total. The van der Waals surface area contributed by atoms with Crippen LogP contribution >= 0.6 is 12.4 Å². The summed E-state index contributed by atoms with van der Waals surface area (Å²) in [6.07, 6.45) is 0.0428. The highest BCUT2D eigenvalue weighted by molar-refractivity contribution is 5.85. The molecule has 0 unspecified atom stereocenters. The van der Waals surface area contributed by atoms with Crippen LogP contribution in [-0.4, -0.2) is 11.1 Å². The molecule has 4 aromatic rings. The zero-order valence-corrected chi connectivity index (χ0v) is 20.8. The zero-order valence-electron chi connectivity index (χ0n) is 20.0. The Balaban J connectivity index is 0.00000342. The first kappa shape index (κ1) is 26.1. The molecule has 0 radical (unpaired) electrons. The Hall–Kier alpha value is -3.54. The molecule has 3 aromatic carbocycles. The van der Waals surface area contributed by atoms with E-state index in [1.807, 2.05) is 105 Å². The second-order valence-corrected chi connectivity index (χ2v) is 8.24. The normalized spacial score (nSPS) is 10.5. The molecule has 0 aliphatic rings. The molecule has 0 fully saturated rings. The van der Waals surface area contributed by atoms with Gasteiger partial charge in [-0.25, -0.2) is 0 Å². The van der Waals surface area contributed by atoms with E-state index in [0.29, 0.717) is 31.5 Å². The lowest BCUT2D eigenvalue weighted by molar-refractivity contribution is 0.240. The summed E-state index contributed by atoms with van der Waals surface area (Å²) in [5.74, 6) is 1.78. The average Bonchev–Trinajstić information content (AvgIpc) is 2.87. The quantitative estimate of drug-likeness (QED) is 0.272. The minimum absolute atomic E-state index is 0. The van der Waals surface area contributed by atoms with Gasteiger partial charge >= 0.3 is 0 Å². The molecule has 0 saturated heterocycles. The molecule has 0 saturated carbocycles. The molecule has 1 aromatic heterocycles. The highest BCUT2D eigenvalue weighted by atomic mass is 35.5. The summed E-state index contributed by atoms with van der Waals surface area (Å²) in [7, 11) is 0. The van der Waals surface area contributed by atoms with Gasteiger partial charge in [-0.15, -0.1) is 12.4 Å². The molecule has 0 bridgehead atoms. The van der Waals surface area contributed by atoms with Crippen LogP contribution in [0.25, 0.3) is 11.1 Å². The standard InChI is InChI=1S/C29H30N2O3.ClH/c1-21(2)34-27-17-24(13-14-25(27)18-30)26-15-16-28(32-19-22-9-5-3-6-10-22)31-29(26)33-20-23-11-7-4-8-12-23;/h3-17,21H,18-20,30H2,1-2H3;1H. The Morgan fingerprint density at radius 1 is 0.771 bits per heavy atom. The maximum absolute atomic E-state index is 6.19. The van der Waals surface area contributed by atoms with E-state index < -0.39 is 0 Å². The van der Waals surface area contributed by atoms with Gasteiger partial charge in [-0.2, -0.15) is 4.98 Å². The second kappa shape index (κ2) is 12.8. The summed E-state index contributed by atoms with van der Waals surface area (Å²) in [6.45, 7) is 5.25. The topological polar surface area (TPSA) is 66.6 Å². The summed E-state index contributed by atoms with van der Waals surface area (Å²) in [5.41, 5.74) is 10.8. The Morgan fingerprint density at radius 2 is 1.40 bits per heavy atom. The summed E-state index contributed by atoms with van der Waals surface area (Å²) in [6, 6.07) is 29.9. The van der Waals surface area contributed by atoms with Crippen LogP contribution in [0.4, 0.5) is 0 Å². The Labute approximate surface area is 213 Å². The largest absolute Gasteiger partial charge is 0.491 e. The van der Waals surface area contributed by atoms with E-state index in [1.54, 1.807) is 0 Å². The van der Waals surface area contributed by atoms with Gasteiger partial charge in [0, 0.05) is 23.7 Å². The van der Waals surface area contributed by atoms with Gasteiger partial charge in [0.15, 0.2) is 0 Å². The van der Waals surface area contributed by atoms with Crippen molar-refractivity contribution in [3.63, 3.8) is 0 Å². The highest BCUT2D eigenvalue weighted by Gasteiger charge is 2.14. The number of nitrogens with zero attached hydrogens (tertiary/aromatic N) is 1. The molecular weight excluding hydrogens is 460 g/mol. The predicted molar refractivity (Wildman–Crippen MR) is 142 cm³/mol. The number of nitrogens with two attached hydrogens (primary N) is 1. The molecular formula is C29H31ClN2O3.